The lowest BCUT2D eigenvalue weighted by atomic mass is 10.1. The minimum absolute atomic E-state index is 0.122. The maximum atomic E-state index is 12.6. The smallest absolute Gasteiger partial charge is 0.319 e. The number of nitrogens with one attached hydrogen (secondary N) is 3. The maximum absolute atomic E-state index is 12.6. The highest BCUT2D eigenvalue weighted by atomic mass is 32.2. The number of anilines is 2. The van der Waals surface area contributed by atoms with Gasteiger partial charge < -0.3 is 16.0 Å². The summed E-state index contributed by atoms with van der Waals surface area (Å²) >= 11 is 0. The first-order valence-corrected chi connectivity index (χ1v) is 11.9. The Bertz CT molecular complexity index is 1060. The summed E-state index contributed by atoms with van der Waals surface area (Å²) in [4.78, 5) is 24.2. The largest absolute Gasteiger partial charge is 0.335 e. The van der Waals surface area contributed by atoms with Gasteiger partial charge in [0.25, 0.3) is 0 Å². The standard InChI is InChI=1S/C22H25N3O4S/c26-21(12-13-30(28,29)20-11-4-15-2-1-3-16(15)14-20)23-17-5-7-18(8-6-17)24-22(27)25-19-9-10-19/h4-8,11,14,19H,1-3,9-10,12-13H2,(H,23,26)(H2,24,25,27). The Morgan fingerprint density at radius 1 is 0.900 bits per heavy atom. The van der Waals surface area contributed by atoms with Crippen LogP contribution in [0.1, 0.15) is 36.8 Å². The predicted molar refractivity (Wildman–Crippen MR) is 115 cm³/mol. The molecule has 0 bridgehead atoms. The minimum Gasteiger partial charge on any atom is -0.335 e. The molecule has 1 fully saturated rings. The third kappa shape index (κ3) is 5.18. The summed E-state index contributed by atoms with van der Waals surface area (Å²) in [5.41, 5.74) is 3.48. The van der Waals surface area contributed by atoms with Gasteiger partial charge in [-0.1, -0.05) is 6.07 Å². The van der Waals surface area contributed by atoms with Crippen LogP contribution in [0, 0.1) is 0 Å². The molecule has 0 heterocycles. The van der Waals surface area contributed by atoms with E-state index in [9.17, 15) is 18.0 Å². The molecule has 3 N–H and O–H groups in total. The average molecular weight is 428 g/mol. The van der Waals surface area contributed by atoms with Crippen molar-refractivity contribution in [3.05, 3.63) is 53.6 Å². The predicted octanol–water partition coefficient (Wildman–Crippen LogP) is 3.26. The fourth-order valence-electron chi connectivity index (χ4n) is 3.53. The molecular weight excluding hydrogens is 402 g/mol. The topological polar surface area (TPSA) is 104 Å². The van der Waals surface area contributed by atoms with E-state index >= 15 is 0 Å². The Morgan fingerprint density at radius 2 is 1.57 bits per heavy atom. The lowest BCUT2D eigenvalue weighted by molar-refractivity contribution is -0.115. The van der Waals surface area contributed by atoms with E-state index in [4.69, 9.17) is 0 Å². The van der Waals surface area contributed by atoms with E-state index in [0.29, 0.717) is 11.4 Å². The molecule has 0 spiro atoms. The van der Waals surface area contributed by atoms with Crippen LogP contribution < -0.4 is 16.0 Å². The molecular formula is C22H25N3O4S. The van der Waals surface area contributed by atoms with E-state index in [1.165, 1.54) is 5.56 Å². The van der Waals surface area contributed by atoms with Crippen molar-refractivity contribution in [2.45, 2.75) is 49.5 Å². The number of hydrogen-bond donors (Lipinski definition) is 3. The normalized spacial score (nSPS) is 15.3. The molecule has 0 aromatic heterocycles. The van der Waals surface area contributed by atoms with Crippen molar-refractivity contribution in [3.8, 4) is 0 Å². The van der Waals surface area contributed by atoms with E-state index < -0.39 is 9.84 Å². The van der Waals surface area contributed by atoms with E-state index in [1.54, 1.807) is 36.4 Å². The molecule has 2 aliphatic rings. The molecule has 30 heavy (non-hydrogen) atoms. The SMILES string of the molecule is O=C(CCS(=O)(=O)c1ccc2c(c1)CCC2)Nc1ccc(NC(=O)NC2CC2)cc1. The van der Waals surface area contributed by atoms with Gasteiger partial charge in [-0.2, -0.15) is 0 Å². The van der Waals surface area contributed by atoms with E-state index in [2.05, 4.69) is 16.0 Å². The van der Waals surface area contributed by atoms with Crippen molar-refractivity contribution in [1.82, 2.24) is 5.32 Å². The quantitative estimate of drug-likeness (QED) is 0.631. The van der Waals surface area contributed by atoms with E-state index in [-0.39, 0.29) is 35.0 Å². The zero-order chi connectivity index (χ0) is 21.1. The lowest BCUT2D eigenvalue weighted by Gasteiger charge is -2.09. The van der Waals surface area contributed by atoms with Crippen LogP contribution >= 0.6 is 0 Å². The first kappa shape index (κ1) is 20.4. The number of amides is 3. The number of aryl methyl sites for hydroxylation is 2. The molecule has 7 nitrogen and oxygen atoms in total. The van der Waals surface area contributed by atoms with Crippen molar-refractivity contribution in [1.29, 1.82) is 0 Å². The number of rotatable bonds is 7. The Balaban J connectivity index is 1.28. The van der Waals surface area contributed by atoms with Crippen molar-refractivity contribution < 1.29 is 18.0 Å². The maximum Gasteiger partial charge on any atom is 0.319 e. The van der Waals surface area contributed by atoms with Crippen LogP contribution in [0.25, 0.3) is 0 Å². The van der Waals surface area contributed by atoms with Crippen molar-refractivity contribution >= 4 is 33.2 Å². The Morgan fingerprint density at radius 3 is 2.27 bits per heavy atom. The van der Waals surface area contributed by atoms with Gasteiger partial charge in [0, 0.05) is 23.8 Å². The molecule has 3 amide bonds. The number of urea groups is 1. The third-order valence-corrected chi connectivity index (χ3v) is 7.08. The zero-order valence-corrected chi connectivity index (χ0v) is 17.4. The van der Waals surface area contributed by atoms with Gasteiger partial charge in [-0.3, -0.25) is 4.79 Å². The van der Waals surface area contributed by atoms with Crippen LogP contribution in [0.3, 0.4) is 0 Å². The molecule has 1 saturated carbocycles. The third-order valence-electron chi connectivity index (χ3n) is 5.37. The van der Waals surface area contributed by atoms with Crippen molar-refractivity contribution in [2.24, 2.45) is 0 Å². The molecule has 0 unspecified atom stereocenters. The summed E-state index contributed by atoms with van der Waals surface area (Å²) < 4.78 is 25.2. The summed E-state index contributed by atoms with van der Waals surface area (Å²) in [6.45, 7) is 0. The van der Waals surface area contributed by atoms with Crippen molar-refractivity contribution in [2.75, 3.05) is 16.4 Å². The van der Waals surface area contributed by atoms with Gasteiger partial charge in [-0.05, 0) is 79.6 Å². The van der Waals surface area contributed by atoms with Crippen LogP contribution in [0.2, 0.25) is 0 Å². The highest BCUT2D eigenvalue weighted by molar-refractivity contribution is 7.91. The van der Waals surface area contributed by atoms with Crippen LogP contribution in [0.15, 0.2) is 47.4 Å². The van der Waals surface area contributed by atoms with Gasteiger partial charge >= 0.3 is 6.03 Å². The van der Waals surface area contributed by atoms with Crippen molar-refractivity contribution in [3.63, 3.8) is 0 Å². The molecule has 4 rings (SSSR count). The Labute approximate surface area is 176 Å². The molecule has 2 aromatic carbocycles. The summed E-state index contributed by atoms with van der Waals surface area (Å²) in [6, 6.07) is 12.0. The summed E-state index contributed by atoms with van der Waals surface area (Å²) in [7, 11) is -3.51. The van der Waals surface area contributed by atoms with Crippen LogP contribution in [-0.4, -0.2) is 32.2 Å². The summed E-state index contributed by atoms with van der Waals surface area (Å²) in [5.74, 6) is -0.606. The Kier molecular flexibility index (Phi) is 5.76. The van der Waals surface area contributed by atoms with Gasteiger partial charge in [0.15, 0.2) is 9.84 Å². The highest BCUT2D eigenvalue weighted by Crippen LogP contribution is 2.25. The van der Waals surface area contributed by atoms with E-state index in [0.717, 1.165) is 37.7 Å². The van der Waals surface area contributed by atoms with Gasteiger partial charge in [0.1, 0.15) is 0 Å². The second-order valence-electron chi connectivity index (χ2n) is 7.85. The molecule has 2 aromatic rings. The number of carbonyl (C=O) groups is 2. The lowest BCUT2D eigenvalue weighted by Crippen LogP contribution is -2.30. The number of sulfone groups is 1. The molecule has 0 radical (unpaired) electrons. The molecule has 0 saturated heterocycles. The van der Waals surface area contributed by atoms with Crippen LogP contribution in [0.4, 0.5) is 16.2 Å². The second kappa shape index (κ2) is 8.47. The highest BCUT2D eigenvalue weighted by Gasteiger charge is 2.23. The summed E-state index contributed by atoms with van der Waals surface area (Å²) in [5, 5.41) is 8.26. The van der Waals surface area contributed by atoms with E-state index in [1.807, 2.05) is 6.07 Å². The summed E-state index contributed by atoms with van der Waals surface area (Å²) in [6.07, 6.45) is 4.87. The molecule has 158 valence electrons. The first-order chi connectivity index (χ1) is 14.4. The molecule has 8 heteroatoms. The average Bonchev–Trinajstić information content (AvgIpc) is 3.40. The minimum atomic E-state index is -3.51. The van der Waals surface area contributed by atoms with Crippen LogP contribution in [-0.2, 0) is 27.5 Å². The zero-order valence-electron chi connectivity index (χ0n) is 16.6. The number of benzene rings is 2. The fraction of sp³-hybridized carbons (Fsp3) is 0.364. The van der Waals surface area contributed by atoms with Gasteiger partial charge in [-0.15, -0.1) is 0 Å². The van der Waals surface area contributed by atoms with Crippen LogP contribution in [0.5, 0.6) is 0 Å². The number of fused-ring (bicyclic) bond motifs is 1. The van der Waals surface area contributed by atoms with Gasteiger partial charge in [0.05, 0.1) is 10.6 Å². The first-order valence-electron chi connectivity index (χ1n) is 10.2. The van der Waals surface area contributed by atoms with Gasteiger partial charge in [-0.25, -0.2) is 13.2 Å². The monoisotopic (exact) mass is 427 g/mol. The fourth-order valence-corrected chi connectivity index (χ4v) is 4.81. The number of hydrogen-bond acceptors (Lipinski definition) is 4. The molecule has 0 atom stereocenters. The van der Waals surface area contributed by atoms with Gasteiger partial charge in [0.2, 0.25) is 5.91 Å². The molecule has 0 aliphatic heterocycles. The second-order valence-corrected chi connectivity index (χ2v) is 9.96. The molecule has 2 aliphatic carbocycles. The number of carbonyl (C=O) groups excluding carboxylic acids is 2. The Hall–Kier alpha value is -2.87.